The fourth-order valence-electron chi connectivity index (χ4n) is 2.15. The van der Waals surface area contributed by atoms with Gasteiger partial charge in [0.05, 0.1) is 10.6 Å². The van der Waals surface area contributed by atoms with Gasteiger partial charge in [-0.15, -0.1) is 0 Å². The van der Waals surface area contributed by atoms with E-state index in [2.05, 4.69) is 31.1 Å². The smallest absolute Gasteiger partial charge is 0.271 e. The zero-order valence-electron chi connectivity index (χ0n) is 13.8. The Hall–Kier alpha value is -3.39. The van der Waals surface area contributed by atoms with Gasteiger partial charge in [-0.05, 0) is 36.8 Å². The molecule has 0 radical (unpaired) electrons. The van der Waals surface area contributed by atoms with Crippen LogP contribution in [0, 0.1) is 6.92 Å². The molecule has 5 N–H and O–H groups in total. The highest BCUT2D eigenvalue weighted by Gasteiger charge is 2.12. The van der Waals surface area contributed by atoms with E-state index in [0.29, 0.717) is 22.2 Å². The number of carbonyl (C=O) groups is 1. The number of halogens is 1. The van der Waals surface area contributed by atoms with Gasteiger partial charge in [0, 0.05) is 6.20 Å². The molecule has 8 nitrogen and oxygen atoms in total. The van der Waals surface area contributed by atoms with E-state index in [9.17, 15) is 4.79 Å². The topological polar surface area (TPSA) is 118 Å². The van der Waals surface area contributed by atoms with Crippen molar-refractivity contribution in [3.8, 4) is 0 Å². The number of rotatable bonds is 5. The molecule has 26 heavy (non-hydrogen) atoms. The van der Waals surface area contributed by atoms with Crippen LogP contribution in [-0.2, 0) is 0 Å². The average molecular weight is 370 g/mol. The highest BCUT2D eigenvalue weighted by Crippen LogP contribution is 2.24. The molecule has 0 unspecified atom stereocenters. The monoisotopic (exact) mass is 369 g/mol. The number of nitrogens with zero attached hydrogens (tertiary/aromatic N) is 3. The van der Waals surface area contributed by atoms with Gasteiger partial charge in [0.2, 0.25) is 0 Å². The third kappa shape index (κ3) is 3.98. The lowest BCUT2D eigenvalue weighted by atomic mass is 10.2. The third-order valence-electron chi connectivity index (χ3n) is 3.46. The second-order valence-corrected chi connectivity index (χ2v) is 5.79. The summed E-state index contributed by atoms with van der Waals surface area (Å²) < 4.78 is 0. The molecule has 3 rings (SSSR count). The standard InChI is InChI=1S/C17H16ClN7O/c1-10-6-7-20-13(8-10)23-15-14(19)16(22-9-21-15)24-25-17(26)11-4-2-3-5-12(11)18/h2-9H,19H2,1H3,(H,25,26)(H2,20,21,22,23,24). The normalized spacial score (nSPS) is 10.2. The van der Waals surface area contributed by atoms with E-state index >= 15 is 0 Å². The fourth-order valence-corrected chi connectivity index (χ4v) is 2.37. The number of anilines is 4. The number of benzene rings is 1. The summed E-state index contributed by atoms with van der Waals surface area (Å²) in [5.41, 5.74) is 12.9. The summed E-state index contributed by atoms with van der Waals surface area (Å²) in [5, 5.41) is 3.36. The molecule has 0 aliphatic heterocycles. The molecule has 132 valence electrons. The number of aryl methyl sites for hydroxylation is 1. The Labute approximate surface area is 154 Å². The van der Waals surface area contributed by atoms with Crippen LogP contribution in [0.15, 0.2) is 48.9 Å². The molecule has 3 aromatic rings. The first-order valence-electron chi connectivity index (χ1n) is 7.65. The number of amides is 1. The van der Waals surface area contributed by atoms with Crippen LogP contribution in [0.2, 0.25) is 5.02 Å². The zero-order chi connectivity index (χ0) is 18.5. The van der Waals surface area contributed by atoms with Crippen molar-refractivity contribution in [1.82, 2.24) is 20.4 Å². The third-order valence-corrected chi connectivity index (χ3v) is 3.79. The molecule has 2 aromatic heterocycles. The van der Waals surface area contributed by atoms with E-state index in [4.69, 9.17) is 17.3 Å². The molecule has 2 heterocycles. The van der Waals surface area contributed by atoms with Gasteiger partial charge < -0.3 is 11.1 Å². The van der Waals surface area contributed by atoms with Crippen LogP contribution in [0.5, 0.6) is 0 Å². The number of hydrazine groups is 1. The van der Waals surface area contributed by atoms with Crippen LogP contribution in [0.25, 0.3) is 0 Å². The van der Waals surface area contributed by atoms with Crippen molar-refractivity contribution < 1.29 is 4.79 Å². The van der Waals surface area contributed by atoms with Crippen molar-refractivity contribution in [3.05, 3.63) is 65.1 Å². The number of hydrogen-bond acceptors (Lipinski definition) is 7. The van der Waals surface area contributed by atoms with Crippen LogP contribution in [0.4, 0.5) is 23.1 Å². The van der Waals surface area contributed by atoms with Gasteiger partial charge in [0.1, 0.15) is 17.8 Å². The summed E-state index contributed by atoms with van der Waals surface area (Å²) in [6, 6.07) is 10.4. The highest BCUT2D eigenvalue weighted by molar-refractivity contribution is 6.33. The zero-order valence-corrected chi connectivity index (χ0v) is 14.6. The average Bonchev–Trinajstić information content (AvgIpc) is 2.62. The summed E-state index contributed by atoms with van der Waals surface area (Å²) in [7, 11) is 0. The minimum atomic E-state index is -0.413. The molecule has 0 bridgehead atoms. The molecule has 9 heteroatoms. The number of nitrogens with two attached hydrogens (primary N) is 1. The van der Waals surface area contributed by atoms with E-state index in [0.717, 1.165) is 5.56 Å². The summed E-state index contributed by atoms with van der Waals surface area (Å²) in [4.78, 5) is 24.5. The van der Waals surface area contributed by atoms with Crippen molar-refractivity contribution in [1.29, 1.82) is 0 Å². The van der Waals surface area contributed by atoms with Crippen LogP contribution >= 0.6 is 11.6 Å². The maximum Gasteiger partial charge on any atom is 0.271 e. The second kappa shape index (κ2) is 7.66. The number of nitrogen functional groups attached to an aromatic ring is 1. The summed E-state index contributed by atoms with van der Waals surface area (Å²) in [6.45, 7) is 1.95. The van der Waals surface area contributed by atoms with Crippen molar-refractivity contribution in [2.24, 2.45) is 0 Å². The first-order chi connectivity index (χ1) is 12.5. The SMILES string of the molecule is Cc1ccnc(Nc2ncnc(NNC(=O)c3ccccc3Cl)c2N)c1. The number of hydrogen-bond donors (Lipinski definition) is 4. The van der Waals surface area contributed by atoms with Gasteiger partial charge >= 0.3 is 0 Å². The van der Waals surface area contributed by atoms with Gasteiger partial charge in [-0.2, -0.15) is 0 Å². The molecule has 0 spiro atoms. The summed E-state index contributed by atoms with van der Waals surface area (Å²) in [5.74, 6) is 0.799. The molecule has 0 saturated carbocycles. The van der Waals surface area contributed by atoms with Crippen molar-refractivity contribution in [2.45, 2.75) is 6.92 Å². The van der Waals surface area contributed by atoms with Gasteiger partial charge in [0.15, 0.2) is 11.6 Å². The van der Waals surface area contributed by atoms with E-state index in [1.165, 1.54) is 6.33 Å². The van der Waals surface area contributed by atoms with E-state index in [1.54, 1.807) is 30.5 Å². The predicted molar refractivity (Wildman–Crippen MR) is 101 cm³/mol. The molecule has 0 aliphatic carbocycles. The molecule has 0 aliphatic rings. The van der Waals surface area contributed by atoms with Gasteiger partial charge in [0.25, 0.3) is 5.91 Å². The molecular weight excluding hydrogens is 354 g/mol. The molecule has 1 aromatic carbocycles. The Morgan fingerprint density at radius 1 is 1.12 bits per heavy atom. The van der Waals surface area contributed by atoms with E-state index in [1.807, 2.05) is 19.1 Å². The summed E-state index contributed by atoms with van der Waals surface area (Å²) >= 11 is 6.00. The molecule has 0 fully saturated rings. The fraction of sp³-hybridized carbons (Fsp3) is 0.0588. The lowest BCUT2D eigenvalue weighted by Crippen LogP contribution is -2.30. The maximum absolute atomic E-state index is 12.2. The first kappa shape index (κ1) is 17.4. The Morgan fingerprint density at radius 3 is 2.65 bits per heavy atom. The molecule has 1 amide bonds. The van der Waals surface area contributed by atoms with Crippen molar-refractivity contribution in [3.63, 3.8) is 0 Å². The number of nitrogens with one attached hydrogen (secondary N) is 3. The Balaban J connectivity index is 1.73. The van der Waals surface area contributed by atoms with E-state index < -0.39 is 5.91 Å². The van der Waals surface area contributed by atoms with Crippen LogP contribution in [0.3, 0.4) is 0 Å². The van der Waals surface area contributed by atoms with Crippen molar-refractivity contribution >= 4 is 40.6 Å². The van der Waals surface area contributed by atoms with Crippen LogP contribution in [-0.4, -0.2) is 20.9 Å². The first-order valence-corrected chi connectivity index (χ1v) is 8.03. The molecular formula is C17H16ClN7O. The van der Waals surface area contributed by atoms with Gasteiger partial charge in [-0.25, -0.2) is 15.0 Å². The second-order valence-electron chi connectivity index (χ2n) is 5.39. The van der Waals surface area contributed by atoms with Gasteiger partial charge in [-0.3, -0.25) is 15.6 Å². The van der Waals surface area contributed by atoms with Gasteiger partial charge in [-0.1, -0.05) is 23.7 Å². The quantitative estimate of drug-likeness (QED) is 0.510. The van der Waals surface area contributed by atoms with Crippen molar-refractivity contribution in [2.75, 3.05) is 16.5 Å². The molecule has 0 atom stereocenters. The number of aromatic nitrogens is 3. The summed E-state index contributed by atoms with van der Waals surface area (Å²) in [6.07, 6.45) is 3.00. The van der Waals surface area contributed by atoms with Crippen LogP contribution < -0.4 is 21.9 Å². The minimum absolute atomic E-state index is 0.232. The number of pyridine rings is 1. The number of carbonyl (C=O) groups excluding carboxylic acids is 1. The lowest BCUT2D eigenvalue weighted by molar-refractivity contribution is 0.0962. The maximum atomic E-state index is 12.2. The largest absolute Gasteiger partial charge is 0.393 e. The Kier molecular flexibility index (Phi) is 5.14. The predicted octanol–water partition coefficient (Wildman–Crippen LogP) is 2.92. The molecule has 0 saturated heterocycles. The Morgan fingerprint density at radius 2 is 1.88 bits per heavy atom. The van der Waals surface area contributed by atoms with E-state index in [-0.39, 0.29) is 11.5 Å². The lowest BCUT2D eigenvalue weighted by Gasteiger charge is -2.13. The minimum Gasteiger partial charge on any atom is -0.393 e. The highest BCUT2D eigenvalue weighted by atomic mass is 35.5. The Bertz CT molecular complexity index is 948. The van der Waals surface area contributed by atoms with Crippen LogP contribution in [0.1, 0.15) is 15.9 Å².